The van der Waals surface area contributed by atoms with Crippen LogP contribution in [0.2, 0.25) is 0 Å². The summed E-state index contributed by atoms with van der Waals surface area (Å²) >= 11 is 0. The number of hydrogen-bond acceptors (Lipinski definition) is 0. The predicted octanol–water partition coefficient (Wildman–Crippen LogP) is -0.388. The van der Waals surface area contributed by atoms with Gasteiger partial charge in [-0.25, -0.2) is 0 Å². The van der Waals surface area contributed by atoms with E-state index in [1.807, 2.05) is 0 Å². The Morgan fingerprint density at radius 2 is 1.00 bits per heavy atom. The van der Waals surface area contributed by atoms with Crippen molar-refractivity contribution in [1.82, 2.24) is 0 Å². The fourth-order valence-electron chi connectivity index (χ4n) is 0. The maximum atomic E-state index is 0. The molecule has 0 rings (SSSR count). The van der Waals surface area contributed by atoms with Gasteiger partial charge in [-0.15, -0.1) is 0 Å². The second-order valence-electron chi connectivity index (χ2n) is 0. The van der Waals surface area contributed by atoms with E-state index in [4.69, 9.17) is 0 Å². The van der Waals surface area contributed by atoms with Crippen molar-refractivity contribution < 1.29 is 50.3 Å². The fourth-order valence-corrected chi connectivity index (χ4v) is 0. The van der Waals surface area contributed by atoms with Crippen LogP contribution in [0.25, 0.3) is 0 Å². The molecule has 0 heterocycles. The smallest absolute Gasteiger partial charge is 0 e. The van der Waals surface area contributed by atoms with Crippen LogP contribution in [-0.4, -0.2) is 17.4 Å². The summed E-state index contributed by atoms with van der Waals surface area (Å²) in [5.74, 6) is 0. The van der Waals surface area contributed by atoms with E-state index < -0.39 is 0 Å². The molecule has 0 aromatic carbocycles. The van der Waals surface area contributed by atoms with Crippen molar-refractivity contribution in [1.29, 1.82) is 0 Å². The third kappa shape index (κ3) is 8.96. The van der Waals surface area contributed by atoms with E-state index in [9.17, 15) is 0 Å². The van der Waals surface area contributed by atoms with Crippen LogP contribution in [0, 0.1) is 0 Å². The third-order valence-electron chi connectivity index (χ3n) is 0. The van der Waals surface area contributed by atoms with E-state index >= 15 is 0 Å². The van der Waals surface area contributed by atoms with E-state index in [-0.39, 0.29) is 67.7 Å². The quantitative estimate of drug-likeness (QED) is 0.476. The van der Waals surface area contributed by atoms with Gasteiger partial charge in [0.25, 0.3) is 0 Å². The first-order chi connectivity index (χ1) is 0. The molecule has 0 atom stereocenters. The molecule has 4 heteroatoms. The molecule has 0 nitrogen and oxygen atoms in total. The normalized spacial score (nSPS) is 0. The van der Waals surface area contributed by atoms with E-state index in [2.05, 4.69) is 0 Å². The molecule has 0 saturated carbocycles. The Kier molecular flexibility index (Phi) is 181. The van der Waals surface area contributed by atoms with E-state index in [0.29, 0.717) is 0 Å². The van der Waals surface area contributed by atoms with E-state index in [0.717, 1.165) is 0 Å². The van der Waals surface area contributed by atoms with Gasteiger partial charge in [0.15, 0.2) is 0 Å². The molecule has 0 unspecified atom stereocenters. The standard InChI is InChI=1S/Al.Co.Cu.Ni. The average molecular weight is 208 g/mol. The second kappa shape index (κ2) is 19.7. The molecule has 0 aromatic heterocycles. The zero-order valence-electron chi connectivity index (χ0n) is 1.53. The SMILES string of the molecule is [Al].[Co].[Cu].[Ni]. The average Bonchev–Trinajstić information content (AvgIpc) is 0. The molecular formula is AlCoCuNi. The summed E-state index contributed by atoms with van der Waals surface area (Å²) in [5.41, 5.74) is 0. The Balaban J connectivity index is 0. The summed E-state index contributed by atoms with van der Waals surface area (Å²) in [4.78, 5) is 0. The van der Waals surface area contributed by atoms with Crippen LogP contribution in [0.15, 0.2) is 0 Å². The third-order valence-corrected chi connectivity index (χ3v) is 0. The van der Waals surface area contributed by atoms with Gasteiger partial charge in [-0.1, -0.05) is 0 Å². The minimum atomic E-state index is 0. The van der Waals surface area contributed by atoms with E-state index in [1.165, 1.54) is 0 Å². The summed E-state index contributed by atoms with van der Waals surface area (Å²) in [6, 6.07) is 0. The van der Waals surface area contributed by atoms with E-state index in [1.54, 1.807) is 0 Å². The summed E-state index contributed by atoms with van der Waals surface area (Å²) in [5, 5.41) is 0. The van der Waals surface area contributed by atoms with Crippen molar-refractivity contribution >= 4 is 17.4 Å². The molecule has 0 N–H and O–H groups in total. The zero-order chi connectivity index (χ0) is 0. The Morgan fingerprint density at radius 1 is 1.00 bits per heavy atom. The maximum absolute atomic E-state index is 0. The van der Waals surface area contributed by atoms with Gasteiger partial charge < -0.3 is 0 Å². The minimum Gasteiger partial charge on any atom is 0 e. The topological polar surface area (TPSA) is 0 Å². The van der Waals surface area contributed by atoms with Crippen LogP contribution in [0.3, 0.4) is 0 Å². The molecule has 33 valence electrons. The van der Waals surface area contributed by atoms with Crippen molar-refractivity contribution in [2.45, 2.75) is 0 Å². The Hall–Kier alpha value is 2.05. The first kappa shape index (κ1) is 36.7. The van der Waals surface area contributed by atoms with Gasteiger partial charge in [-0.3, -0.25) is 0 Å². The van der Waals surface area contributed by atoms with Crippen molar-refractivity contribution in [3.63, 3.8) is 0 Å². The molecule has 5 radical (unpaired) electrons. The largest absolute Gasteiger partial charge is 0 e. The van der Waals surface area contributed by atoms with Gasteiger partial charge >= 0.3 is 0 Å². The van der Waals surface area contributed by atoms with Crippen molar-refractivity contribution in [3.8, 4) is 0 Å². The van der Waals surface area contributed by atoms with Crippen LogP contribution in [0.1, 0.15) is 0 Å². The number of rotatable bonds is 0. The maximum Gasteiger partial charge on any atom is 0 e. The van der Waals surface area contributed by atoms with Crippen LogP contribution in [-0.2, 0) is 50.3 Å². The van der Waals surface area contributed by atoms with Gasteiger partial charge in [0.1, 0.15) is 0 Å². The summed E-state index contributed by atoms with van der Waals surface area (Å²) < 4.78 is 0. The van der Waals surface area contributed by atoms with Gasteiger partial charge in [0.05, 0.1) is 0 Å². The molecule has 0 bridgehead atoms. The van der Waals surface area contributed by atoms with Crippen LogP contribution in [0.5, 0.6) is 0 Å². The van der Waals surface area contributed by atoms with Crippen molar-refractivity contribution in [2.75, 3.05) is 0 Å². The molecule has 0 amide bonds. The van der Waals surface area contributed by atoms with Crippen LogP contribution in [0.4, 0.5) is 0 Å². The predicted molar refractivity (Wildman–Crippen MR) is 5.75 cm³/mol. The summed E-state index contributed by atoms with van der Waals surface area (Å²) in [7, 11) is 0. The van der Waals surface area contributed by atoms with Gasteiger partial charge in [0.2, 0.25) is 0 Å². The first-order valence-corrected chi connectivity index (χ1v) is 0. The summed E-state index contributed by atoms with van der Waals surface area (Å²) in [6.45, 7) is 0. The van der Waals surface area contributed by atoms with Gasteiger partial charge in [-0.05, 0) is 0 Å². The molecule has 0 fully saturated rings. The van der Waals surface area contributed by atoms with Crippen LogP contribution < -0.4 is 0 Å². The second-order valence-corrected chi connectivity index (χ2v) is 0. The van der Waals surface area contributed by atoms with Gasteiger partial charge in [0, 0.05) is 67.7 Å². The van der Waals surface area contributed by atoms with Gasteiger partial charge in [-0.2, -0.15) is 0 Å². The van der Waals surface area contributed by atoms with Crippen molar-refractivity contribution in [2.24, 2.45) is 0 Å². The Labute approximate surface area is 67.2 Å². The summed E-state index contributed by atoms with van der Waals surface area (Å²) in [6.07, 6.45) is 0. The Morgan fingerprint density at radius 3 is 1.00 bits per heavy atom. The first-order valence-electron chi connectivity index (χ1n) is 0. The minimum absolute atomic E-state index is 0. The number of hydrogen-bond donors (Lipinski definition) is 0. The molecule has 0 aromatic rings. The molecular weight excluding hydrogens is 208 g/mol. The van der Waals surface area contributed by atoms with Crippen molar-refractivity contribution in [3.05, 3.63) is 0 Å². The monoisotopic (exact) mass is 207 g/mol. The molecule has 0 spiro atoms. The molecule has 0 aliphatic rings. The molecule has 0 aliphatic heterocycles. The molecule has 0 saturated heterocycles. The molecule has 0 aliphatic carbocycles. The Bertz CT molecular complexity index is 8.00. The molecule has 4 heavy (non-hydrogen) atoms. The zero-order valence-corrected chi connectivity index (χ0v) is 5.65. The van der Waals surface area contributed by atoms with Crippen LogP contribution >= 0.6 is 0 Å². The fraction of sp³-hybridized carbons (Fsp3) is 0.